The number of hydrogen-bond donors (Lipinski definition) is 0. The van der Waals surface area contributed by atoms with Crippen LogP contribution in [0.2, 0.25) is 0 Å². The molecule has 0 bridgehead atoms. The lowest BCUT2D eigenvalue weighted by Gasteiger charge is -2.07. The third kappa shape index (κ3) is 3.18. The lowest BCUT2D eigenvalue weighted by atomic mass is 10.0. The smallest absolute Gasteiger partial charge is 0.106 e. The molecule has 2 rings (SSSR count). The summed E-state index contributed by atoms with van der Waals surface area (Å²) >= 11 is 0. The van der Waals surface area contributed by atoms with Gasteiger partial charge >= 0.3 is 0 Å². The van der Waals surface area contributed by atoms with Crippen LogP contribution in [0.25, 0.3) is 6.08 Å². The number of oxime groups is 1. The Morgan fingerprint density at radius 3 is 2.76 bits per heavy atom. The molecule has 1 aromatic carbocycles. The van der Waals surface area contributed by atoms with Crippen LogP contribution in [0.5, 0.6) is 0 Å². The Balaban J connectivity index is 2.17. The highest BCUT2D eigenvalue weighted by atomic mass is 16.6. The van der Waals surface area contributed by atoms with Crippen molar-refractivity contribution in [3.05, 3.63) is 65.8 Å². The highest BCUT2D eigenvalue weighted by molar-refractivity contribution is 6.04. The summed E-state index contributed by atoms with van der Waals surface area (Å²) in [6.07, 6.45) is 11.1. The first-order valence-electron chi connectivity index (χ1n) is 5.60. The van der Waals surface area contributed by atoms with Crippen LogP contribution in [0.1, 0.15) is 12.0 Å². The predicted molar refractivity (Wildman–Crippen MR) is 71.8 cm³/mol. The predicted octanol–water partition coefficient (Wildman–Crippen LogP) is 3.59. The summed E-state index contributed by atoms with van der Waals surface area (Å²) in [5.74, 6) is 0. The zero-order valence-corrected chi connectivity index (χ0v) is 9.84. The standard InChI is InChI=1S/C15H15NO/c1-17-16-15-10-6-5-9-14(15)12-11-13-7-3-2-4-8-13/h2-9,11-12H,10H2,1H3. The van der Waals surface area contributed by atoms with Crippen LogP contribution in [0.15, 0.2) is 65.4 Å². The molecule has 0 fully saturated rings. The average Bonchev–Trinajstić information content (AvgIpc) is 2.39. The average molecular weight is 225 g/mol. The van der Waals surface area contributed by atoms with E-state index in [9.17, 15) is 0 Å². The molecular weight excluding hydrogens is 210 g/mol. The van der Waals surface area contributed by atoms with Crippen LogP contribution in [-0.4, -0.2) is 12.8 Å². The van der Waals surface area contributed by atoms with Gasteiger partial charge in [0, 0.05) is 6.42 Å². The number of rotatable bonds is 3. The molecule has 1 aromatic rings. The normalized spacial score (nSPS) is 17.5. The van der Waals surface area contributed by atoms with E-state index in [4.69, 9.17) is 4.84 Å². The summed E-state index contributed by atoms with van der Waals surface area (Å²) in [5.41, 5.74) is 3.24. The number of benzene rings is 1. The van der Waals surface area contributed by atoms with E-state index >= 15 is 0 Å². The number of hydrogen-bond acceptors (Lipinski definition) is 2. The Hall–Kier alpha value is -2.09. The summed E-state index contributed by atoms with van der Waals surface area (Å²) in [6, 6.07) is 10.2. The van der Waals surface area contributed by atoms with Gasteiger partial charge in [0.05, 0.1) is 5.71 Å². The Kier molecular flexibility index (Phi) is 3.92. The third-order valence-electron chi connectivity index (χ3n) is 2.51. The van der Waals surface area contributed by atoms with Gasteiger partial charge < -0.3 is 4.84 Å². The van der Waals surface area contributed by atoms with Gasteiger partial charge in [-0.05, 0) is 11.1 Å². The lowest BCUT2D eigenvalue weighted by Crippen LogP contribution is -2.03. The third-order valence-corrected chi connectivity index (χ3v) is 2.51. The summed E-state index contributed by atoms with van der Waals surface area (Å²) in [4.78, 5) is 4.84. The molecule has 0 aliphatic heterocycles. The van der Waals surface area contributed by atoms with Crippen molar-refractivity contribution in [1.82, 2.24) is 0 Å². The molecule has 0 atom stereocenters. The second-order valence-corrected chi connectivity index (χ2v) is 3.72. The van der Waals surface area contributed by atoms with E-state index in [-0.39, 0.29) is 0 Å². The molecule has 0 unspecified atom stereocenters. The number of nitrogens with zero attached hydrogens (tertiary/aromatic N) is 1. The molecule has 0 spiro atoms. The SMILES string of the molecule is CON=C1CC=CC=C1C=Cc1ccccc1. The molecule has 1 aliphatic rings. The molecule has 0 saturated heterocycles. The first-order chi connectivity index (χ1) is 8.40. The molecule has 0 amide bonds. The topological polar surface area (TPSA) is 21.6 Å². The maximum atomic E-state index is 4.84. The molecule has 2 nitrogen and oxygen atoms in total. The van der Waals surface area contributed by atoms with Crippen LogP contribution in [-0.2, 0) is 4.84 Å². The number of allylic oxidation sites excluding steroid dienone is 5. The van der Waals surface area contributed by atoms with Gasteiger partial charge in [0.15, 0.2) is 0 Å². The van der Waals surface area contributed by atoms with Crippen molar-refractivity contribution in [1.29, 1.82) is 0 Å². The Bertz CT molecular complexity index is 481. The van der Waals surface area contributed by atoms with Crippen molar-refractivity contribution in [3.8, 4) is 0 Å². The van der Waals surface area contributed by atoms with Gasteiger partial charge in [-0.15, -0.1) is 0 Å². The van der Waals surface area contributed by atoms with Crippen LogP contribution in [0, 0.1) is 0 Å². The largest absolute Gasteiger partial charge is 0.399 e. The monoisotopic (exact) mass is 225 g/mol. The minimum absolute atomic E-state index is 0.818. The summed E-state index contributed by atoms with van der Waals surface area (Å²) in [6.45, 7) is 0. The molecule has 2 heteroatoms. The fraction of sp³-hybridized carbons (Fsp3) is 0.133. The van der Waals surface area contributed by atoms with E-state index < -0.39 is 0 Å². The van der Waals surface area contributed by atoms with E-state index in [1.54, 1.807) is 7.11 Å². The van der Waals surface area contributed by atoms with Gasteiger partial charge in [0.2, 0.25) is 0 Å². The van der Waals surface area contributed by atoms with E-state index in [2.05, 4.69) is 35.5 Å². The van der Waals surface area contributed by atoms with E-state index in [0.717, 1.165) is 17.7 Å². The molecule has 86 valence electrons. The fourth-order valence-corrected chi connectivity index (χ4v) is 1.67. The van der Waals surface area contributed by atoms with Gasteiger partial charge in [0.1, 0.15) is 7.11 Å². The Morgan fingerprint density at radius 2 is 2.00 bits per heavy atom. The van der Waals surface area contributed by atoms with Crippen LogP contribution in [0.3, 0.4) is 0 Å². The molecule has 17 heavy (non-hydrogen) atoms. The summed E-state index contributed by atoms with van der Waals surface area (Å²) in [5, 5.41) is 4.02. The quantitative estimate of drug-likeness (QED) is 0.720. The Morgan fingerprint density at radius 1 is 1.18 bits per heavy atom. The Labute approximate surface area is 102 Å². The van der Waals surface area contributed by atoms with Crippen molar-refractivity contribution in [2.24, 2.45) is 5.16 Å². The van der Waals surface area contributed by atoms with Crippen molar-refractivity contribution in [2.45, 2.75) is 6.42 Å². The molecular formula is C15H15NO. The second-order valence-electron chi connectivity index (χ2n) is 3.72. The van der Waals surface area contributed by atoms with Crippen LogP contribution in [0.4, 0.5) is 0 Å². The fourth-order valence-electron chi connectivity index (χ4n) is 1.67. The van der Waals surface area contributed by atoms with Gasteiger partial charge in [-0.3, -0.25) is 0 Å². The minimum Gasteiger partial charge on any atom is -0.399 e. The molecule has 0 radical (unpaired) electrons. The zero-order valence-electron chi connectivity index (χ0n) is 9.84. The van der Waals surface area contributed by atoms with Crippen LogP contribution < -0.4 is 0 Å². The van der Waals surface area contributed by atoms with Crippen molar-refractivity contribution >= 4 is 11.8 Å². The highest BCUT2D eigenvalue weighted by Gasteiger charge is 2.05. The summed E-state index contributed by atoms with van der Waals surface area (Å²) < 4.78 is 0. The van der Waals surface area contributed by atoms with E-state index in [1.165, 1.54) is 5.56 Å². The van der Waals surface area contributed by atoms with Crippen molar-refractivity contribution in [2.75, 3.05) is 7.11 Å². The molecule has 1 aliphatic carbocycles. The molecule has 0 aromatic heterocycles. The van der Waals surface area contributed by atoms with Gasteiger partial charge in [-0.1, -0.05) is 65.9 Å². The summed E-state index contributed by atoms with van der Waals surface area (Å²) in [7, 11) is 1.57. The maximum Gasteiger partial charge on any atom is 0.106 e. The lowest BCUT2D eigenvalue weighted by molar-refractivity contribution is 0.213. The second kappa shape index (κ2) is 5.85. The van der Waals surface area contributed by atoms with Crippen molar-refractivity contribution < 1.29 is 4.84 Å². The van der Waals surface area contributed by atoms with Crippen molar-refractivity contribution in [3.63, 3.8) is 0 Å². The van der Waals surface area contributed by atoms with E-state index in [1.807, 2.05) is 30.4 Å². The van der Waals surface area contributed by atoms with Crippen LogP contribution >= 0.6 is 0 Å². The van der Waals surface area contributed by atoms with Gasteiger partial charge in [-0.25, -0.2) is 0 Å². The van der Waals surface area contributed by atoms with Gasteiger partial charge in [0.25, 0.3) is 0 Å². The molecule has 0 N–H and O–H groups in total. The van der Waals surface area contributed by atoms with E-state index in [0.29, 0.717) is 0 Å². The zero-order chi connectivity index (χ0) is 11.9. The minimum atomic E-state index is 0.818. The molecule has 0 saturated carbocycles. The maximum absolute atomic E-state index is 4.84. The highest BCUT2D eigenvalue weighted by Crippen LogP contribution is 2.13. The van der Waals surface area contributed by atoms with Gasteiger partial charge in [-0.2, -0.15) is 0 Å². The molecule has 0 heterocycles. The first kappa shape index (κ1) is 11.4. The first-order valence-corrected chi connectivity index (χ1v) is 5.60.